The van der Waals surface area contributed by atoms with Crippen LogP contribution in [0, 0.1) is 0 Å². The number of benzene rings is 1. The Morgan fingerprint density at radius 2 is 2.12 bits per heavy atom. The Balaban J connectivity index is 2.10. The van der Waals surface area contributed by atoms with E-state index >= 15 is 0 Å². The number of halogens is 1. The minimum atomic E-state index is -1.41. The van der Waals surface area contributed by atoms with Crippen LogP contribution >= 0.6 is 15.9 Å². The number of hydrogen-bond donors (Lipinski definition) is 3. The third-order valence-electron chi connectivity index (χ3n) is 3.00. The van der Waals surface area contributed by atoms with Gasteiger partial charge in [0.05, 0.1) is 20.2 Å². The van der Waals surface area contributed by atoms with Gasteiger partial charge in [-0.3, -0.25) is 9.80 Å². The average Bonchev–Trinajstić information content (AvgIpc) is 3.13. The van der Waals surface area contributed by atoms with E-state index in [-0.39, 0.29) is 18.9 Å². The van der Waals surface area contributed by atoms with Gasteiger partial charge in [-0.05, 0) is 28.1 Å². The molecule has 2 rings (SSSR count). The number of carbonyl (C=O) groups is 2. The second-order valence-corrected chi connectivity index (χ2v) is 5.58. The van der Waals surface area contributed by atoms with Crippen molar-refractivity contribution in [3.8, 4) is 0 Å². The molecule has 0 bridgehead atoms. The summed E-state index contributed by atoms with van der Waals surface area (Å²) in [5.41, 5.74) is 3.51. The van der Waals surface area contributed by atoms with Gasteiger partial charge in [0, 0.05) is 4.47 Å². The van der Waals surface area contributed by atoms with Crippen molar-refractivity contribution >= 4 is 27.8 Å². The highest BCUT2D eigenvalue weighted by atomic mass is 79.9. The summed E-state index contributed by atoms with van der Waals surface area (Å²) in [7, 11) is 1.16. The monoisotopic (exact) mass is 398 g/mol. The molecule has 0 spiro atoms. The maximum Gasteiger partial charge on any atom is 0.336 e. The van der Waals surface area contributed by atoms with E-state index in [1.165, 1.54) is 5.01 Å². The van der Waals surface area contributed by atoms with E-state index in [2.05, 4.69) is 46.7 Å². The fourth-order valence-electron chi connectivity index (χ4n) is 1.77. The molecule has 0 saturated heterocycles. The number of aromatic amines is 1. The fraction of sp³-hybridized carbons (Fsp3) is 0.308. The zero-order valence-corrected chi connectivity index (χ0v) is 14.2. The van der Waals surface area contributed by atoms with Crippen LogP contribution < -0.4 is 5.43 Å². The number of H-pyrrole nitrogens is 1. The molecule has 0 fully saturated rings. The Bertz CT molecular complexity index is 678. The molecule has 11 heteroatoms. The third-order valence-corrected chi connectivity index (χ3v) is 3.52. The molecule has 0 aliphatic rings. The van der Waals surface area contributed by atoms with Crippen molar-refractivity contribution in [1.82, 2.24) is 31.1 Å². The summed E-state index contributed by atoms with van der Waals surface area (Å²) in [4.78, 5) is 23.7. The minimum absolute atomic E-state index is 0.0767. The topological polar surface area (TPSA) is 133 Å². The van der Waals surface area contributed by atoms with Gasteiger partial charge < -0.3 is 9.84 Å². The number of esters is 1. The molecule has 1 aromatic carbocycles. The zero-order chi connectivity index (χ0) is 17.5. The Morgan fingerprint density at radius 1 is 1.42 bits per heavy atom. The summed E-state index contributed by atoms with van der Waals surface area (Å²) in [6.07, 6.45) is -1.41. The lowest BCUT2D eigenvalue weighted by atomic mass is 10.2. The molecule has 0 saturated carbocycles. The van der Waals surface area contributed by atoms with E-state index < -0.39 is 18.0 Å². The van der Waals surface area contributed by atoms with Crippen LogP contribution in [0.1, 0.15) is 16.2 Å². The van der Waals surface area contributed by atoms with Crippen molar-refractivity contribution in [3.63, 3.8) is 0 Å². The first-order valence-electron chi connectivity index (χ1n) is 6.80. The number of hydrazine groups is 1. The molecule has 1 amide bonds. The van der Waals surface area contributed by atoms with Crippen LogP contribution in [0.3, 0.4) is 0 Å². The van der Waals surface area contributed by atoms with E-state index in [9.17, 15) is 14.7 Å². The van der Waals surface area contributed by atoms with Crippen LogP contribution in [-0.2, 0) is 16.1 Å². The SMILES string of the molecule is COC(=O)C(O)CNN(Cc1ccc(Br)cc1)C(=O)c1nnn[nH]1. The Hall–Kier alpha value is -2.37. The van der Waals surface area contributed by atoms with Gasteiger partial charge in [0.25, 0.3) is 0 Å². The summed E-state index contributed by atoms with van der Waals surface area (Å²) in [6.45, 7) is -0.0444. The smallest absolute Gasteiger partial charge is 0.336 e. The Morgan fingerprint density at radius 3 is 2.71 bits per heavy atom. The van der Waals surface area contributed by atoms with Gasteiger partial charge in [0.2, 0.25) is 5.82 Å². The molecule has 2 aromatic rings. The molecule has 1 aromatic heterocycles. The number of hydrogen-bond acceptors (Lipinski definition) is 8. The highest BCUT2D eigenvalue weighted by Gasteiger charge is 2.22. The maximum atomic E-state index is 12.4. The first kappa shape index (κ1) is 18.0. The van der Waals surface area contributed by atoms with Crippen LogP contribution in [0.5, 0.6) is 0 Å². The number of nitrogens with zero attached hydrogens (tertiary/aromatic N) is 4. The molecular weight excluding hydrogens is 384 g/mol. The molecule has 0 radical (unpaired) electrons. The first-order chi connectivity index (χ1) is 11.5. The number of carbonyl (C=O) groups excluding carboxylic acids is 2. The van der Waals surface area contributed by atoms with Crippen molar-refractivity contribution in [2.24, 2.45) is 0 Å². The number of rotatable bonds is 7. The molecule has 10 nitrogen and oxygen atoms in total. The predicted molar refractivity (Wildman–Crippen MR) is 84.2 cm³/mol. The summed E-state index contributed by atoms with van der Waals surface area (Å²) >= 11 is 3.33. The maximum absolute atomic E-state index is 12.4. The Kier molecular flexibility index (Phi) is 6.35. The first-order valence-corrected chi connectivity index (χ1v) is 7.60. The standard InChI is InChI=1S/C13H15BrN6O4/c1-24-13(23)10(21)6-15-20(12(22)11-16-18-19-17-11)7-8-2-4-9(14)5-3-8/h2-5,10,15,21H,6-7H2,1H3,(H,16,17,18,19). The number of aliphatic hydroxyl groups is 1. The van der Waals surface area contributed by atoms with Gasteiger partial charge in [0.1, 0.15) is 0 Å². The average molecular weight is 399 g/mol. The lowest BCUT2D eigenvalue weighted by molar-refractivity contribution is -0.150. The van der Waals surface area contributed by atoms with Crippen molar-refractivity contribution in [2.45, 2.75) is 12.6 Å². The van der Waals surface area contributed by atoms with E-state index in [1.807, 2.05) is 24.3 Å². The molecule has 24 heavy (non-hydrogen) atoms. The van der Waals surface area contributed by atoms with Crippen molar-refractivity contribution in [2.75, 3.05) is 13.7 Å². The summed E-state index contributed by atoms with van der Waals surface area (Å²) in [5, 5.41) is 23.5. The van der Waals surface area contributed by atoms with Crippen molar-refractivity contribution in [3.05, 3.63) is 40.1 Å². The molecule has 3 N–H and O–H groups in total. The molecule has 0 aliphatic carbocycles. The number of aromatic nitrogens is 4. The number of ether oxygens (including phenoxy) is 1. The molecular formula is C13H15BrN6O4. The van der Waals surface area contributed by atoms with Gasteiger partial charge >= 0.3 is 11.9 Å². The molecule has 1 heterocycles. The molecule has 1 unspecified atom stereocenters. The van der Waals surface area contributed by atoms with Crippen LogP contribution in [-0.4, -0.2) is 62.4 Å². The minimum Gasteiger partial charge on any atom is -0.467 e. The highest BCUT2D eigenvalue weighted by molar-refractivity contribution is 9.10. The van der Waals surface area contributed by atoms with Crippen LogP contribution in [0.2, 0.25) is 0 Å². The quantitative estimate of drug-likeness (QED) is 0.425. The number of nitrogens with one attached hydrogen (secondary N) is 2. The van der Waals surface area contributed by atoms with Crippen molar-refractivity contribution in [1.29, 1.82) is 0 Å². The Labute approximate surface area is 145 Å². The normalized spacial score (nSPS) is 11.8. The number of methoxy groups -OCH3 is 1. The molecule has 0 aliphatic heterocycles. The third kappa shape index (κ3) is 4.81. The fourth-order valence-corrected chi connectivity index (χ4v) is 2.03. The van der Waals surface area contributed by atoms with E-state index in [0.29, 0.717) is 0 Å². The van der Waals surface area contributed by atoms with Gasteiger partial charge in [-0.2, -0.15) is 0 Å². The van der Waals surface area contributed by atoms with Crippen LogP contribution in [0.25, 0.3) is 0 Å². The van der Waals surface area contributed by atoms with Crippen LogP contribution in [0.15, 0.2) is 28.7 Å². The van der Waals surface area contributed by atoms with Gasteiger partial charge in [-0.25, -0.2) is 15.3 Å². The number of amides is 1. The second kappa shape index (κ2) is 8.47. The summed E-state index contributed by atoms with van der Waals surface area (Å²) in [6, 6.07) is 7.30. The van der Waals surface area contributed by atoms with Gasteiger partial charge in [-0.1, -0.05) is 28.1 Å². The van der Waals surface area contributed by atoms with E-state index in [1.54, 1.807) is 0 Å². The predicted octanol–water partition coefficient (Wildman–Crippen LogP) is -0.357. The van der Waals surface area contributed by atoms with Gasteiger partial charge in [0.15, 0.2) is 6.10 Å². The summed E-state index contributed by atoms with van der Waals surface area (Å²) < 4.78 is 5.33. The van der Waals surface area contributed by atoms with Crippen LogP contribution in [0.4, 0.5) is 0 Å². The molecule has 128 valence electrons. The van der Waals surface area contributed by atoms with E-state index in [0.717, 1.165) is 17.1 Å². The highest BCUT2D eigenvalue weighted by Crippen LogP contribution is 2.12. The second-order valence-electron chi connectivity index (χ2n) is 4.67. The lowest BCUT2D eigenvalue weighted by Crippen LogP contribution is -2.47. The largest absolute Gasteiger partial charge is 0.467 e. The number of tetrazole rings is 1. The van der Waals surface area contributed by atoms with E-state index in [4.69, 9.17) is 0 Å². The molecule has 1 atom stereocenters. The van der Waals surface area contributed by atoms with Crippen molar-refractivity contribution < 1.29 is 19.4 Å². The van der Waals surface area contributed by atoms with Gasteiger partial charge in [-0.15, -0.1) is 5.10 Å². The lowest BCUT2D eigenvalue weighted by Gasteiger charge is -2.23. The zero-order valence-electron chi connectivity index (χ0n) is 12.6. The number of aliphatic hydroxyl groups excluding tert-OH is 1. The summed E-state index contributed by atoms with van der Waals surface area (Å²) in [5.74, 6) is -1.42.